The Labute approximate surface area is 132 Å². The number of carbonyl (C=O) groups is 1. The van der Waals surface area contributed by atoms with Crippen molar-refractivity contribution in [1.29, 1.82) is 5.26 Å². The van der Waals surface area contributed by atoms with Crippen molar-refractivity contribution >= 4 is 23.0 Å². The SMILES string of the molecule is Cc1c(NC(=O)CNc2ccc(C#N)cc2)cccc1[N+](=O)[O-]. The molecule has 0 heterocycles. The number of nitro groups is 1. The van der Waals surface area contributed by atoms with E-state index < -0.39 is 4.92 Å². The summed E-state index contributed by atoms with van der Waals surface area (Å²) in [4.78, 5) is 22.3. The number of hydrogen-bond donors (Lipinski definition) is 2. The molecule has 7 heteroatoms. The lowest BCUT2D eigenvalue weighted by atomic mass is 10.1. The van der Waals surface area contributed by atoms with Gasteiger partial charge in [-0.3, -0.25) is 14.9 Å². The Morgan fingerprint density at radius 1 is 1.26 bits per heavy atom. The van der Waals surface area contributed by atoms with Gasteiger partial charge in [-0.05, 0) is 37.3 Å². The Bertz CT molecular complexity index is 779. The number of nitriles is 1. The van der Waals surface area contributed by atoms with Crippen molar-refractivity contribution in [2.45, 2.75) is 6.92 Å². The number of nitrogens with zero attached hydrogens (tertiary/aromatic N) is 2. The lowest BCUT2D eigenvalue weighted by Gasteiger charge is -2.10. The molecule has 0 unspecified atom stereocenters. The Morgan fingerprint density at radius 3 is 2.57 bits per heavy atom. The fraction of sp³-hybridized carbons (Fsp3) is 0.125. The summed E-state index contributed by atoms with van der Waals surface area (Å²) < 4.78 is 0. The molecule has 7 nitrogen and oxygen atoms in total. The minimum Gasteiger partial charge on any atom is -0.376 e. The van der Waals surface area contributed by atoms with Crippen LogP contribution in [-0.2, 0) is 4.79 Å². The Kier molecular flexibility index (Phi) is 4.89. The molecular weight excluding hydrogens is 296 g/mol. The average molecular weight is 310 g/mol. The monoisotopic (exact) mass is 310 g/mol. The molecule has 2 N–H and O–H groups in total. The van der Waals surface area contributed by atoms with Gasteiger partial charge in [0.15, 0.2) is 0 Å². The second kappa shape index (κ2) is 7.04. The highest BCUT2D eigenvalue weighted by Crippen LogP contribution is 2.24. The van der Waals surface area contributed by atoms with Crippen LogP contribution in [0.2, 0.25) is 0 Å². The van der Waals surface area contributed by atoms with Crippen molar-refractivity contribution in [3.63, 3.8) is 0 Å². The second-order valence-electron chi connectivity index (χ2n) is 4.80. The van der Waals surface area contributed by atoms with E-state index in [1.165, 1.54) is 12.1 Å². The van der Waals surface area contributed by atoms with Crippen LogP contribution >= 0.6 is 0 Å². The van der Waals surface area contributed by atoms with E-state index >= 15 is 0 Å². The molecule has 116 valence electrons. The molecule has 23 heavy (non-hydrogen) atoms. The third-order valence-corrected chi connectivity index (χ3v) is 3.24. The molecule has 0 aliphatic carbocycles. The maximum Gasteiger partial charge on any atom is 0.274 e. The molecule has 2 aromatic rings. The van der Waals surface area contributed by atoms with Gasteiger partial charge >= 0.3 is 0 Å². The summed E-state index contributed by atoms with van der Waals surface area (Å²) in [6, 6.07) is 13.2. The topological polar surface area (TPSA) is 108 Å². The van der Waals surface area contributed by atoms with Crippen LogP contribution in [0.3, 0.4) is 0 Å². The van der Waals surface area contributed by atoms with Crippen LogP contribution in [0.5, 0.6) is 0 Å². The zero-order valence-electron chi connectivity index (χ0n) is 12.4. The summed E-state index contributed by atoms with van der Waals surface area (Å²) >= 11 is 0. The molecule has 0 fully saturated rings. The van der Waals surface area contributed by atoms with Crippen molar-refractivity contribution in [3.05, 3.63) is 63.7 Å². The number of carbonyl (C=O) groups excluding carboxylic acids is 1. The Balaban J connectivity index is 1.98. The quantitative estimate of drug-likeness (QED) is 0.652. The van der Waals surface area contributed by atoms with E-state index in [-0.39, 0.29) is 18.1 Å². The molecule has 0 atom stereocenters. The number of nitrogens with one attached hydrogen (secondary N) is 2. The lowest BCUT2D eigenvalue weighted by molar-refractivity contribution is -0.385. The molecule has 0 aromatic heterocycles. The van der Waals surface area contributed by atoms with Crippen LogP contribution in [0.1, 0.15) is 11.1 Å². The summed E-state index contributed by atoms with van der Waals surface area (Å²) in [6.07, 6.45) is 0. The molecule has 2 aromatic carbocycles. The minimum absolute atomic E-state index is 0.00797. The number of hydrogen-bond acceptors (Lipinski definition) is 5. The highest BCUT2D eigenvalue weighted by atomic mass is 16.6. The van der Waals surface area contributed by atoms with Gasteiger partial charge in [-0.1, -0.05) is 6.07 Å². The van der Waals surface area contributed by atoms with Crippen molar-refractivity contribution in [2.24, 2.45) is 0 Å². The largest absolute Gasteiger partial charge is 0.376 e. The van der Waals surface area contributed by atoms with Crippen LogP contribution < -0.4 is 10.6 Å². The molecule has 0 radical (unpaired) electrons. The Morgan fingerprint density at radius 2 is 1.96 bits per heavy atom. The van der Waals surface area contributed by atoms with Gasteiger partial charge in [0, 0.05) is 11.8 Å². The summed E-state index contributed by atoms with van der Waals surface area (Å²) in [7, 11) is 0. The van der Waals surface area contributed by atoms with E-state index in [4.69, 9.17) is 5.26 Å². The second-order valence-corrected chi connectivity index (χ2v) is 4.80. The summed E-state index contributed by atoms with van der Waals surface area (Å²) in [6.45, 7) is 1.59. The van der Waals surface area contributed by atoms with Gasteiger partial charge in [0.25, 0.3) is 5.69 Å². The predicted molar refractivity (Wildman–Crippen MR) is 86.1 cm³/mol. The summed E-state index contributed by atoms with van der Waals surface area (Å²) in [5.41, 5.74) is 2.01. The van der Waals surface area contributed by atoms with E-state index in [1.807, 2.05) is 6.07 Å². The van der Waals surface area contributed by atoms with Crippen LogP contribution in [0, 0.1) is 28.4 Å². The summed E-state index contributed by atoms with van der Waals surface area (Å²) in [5.74, 6) is -0.321. The lowest BCUT2D eigenvalue weighted by Crippen LogP contribution is -2.22. The first-order chi connectivity index (χ1) is 11.0. The molecule has 0 bridgehead atoms. The third kappa shape index (κ3) is 4.04. The zero-order chi connectivity index (χ0) is 16.8. The fourth-order valence-electron chi connectivity index (χ4n) is 2.00. The first-order valence-corrected chi connectivity index (χ1v) is 6.79. The van der Waals surface area contributed by atoms with Crippen LogP contribution in [0.4, 0.5) is 17.1 Å². The third-order valence-electron chi connectivity index (χ3n) is 3.24. The van der Waals surface area contributed by atoms with Gasteiger partial charge in [0.2, 0.25) is 5.91 Å². The van der Waals surface area contributed by atoms with Crippen molar-refractivity contribution in [1.82, 2.24) is 0 Å². The van der Waals surface area contributed by atoms with E-state index in [1.54, 1.807) is 37.3 Å². The van der Waals surface area contributed by atoms with Gasteiger partial charge in [-0.25, -0.2) is 0 Å². The first-order valence-electron chi connectivity index (χ1n) is 6.79. The van der Waals surface area contributed by atoms with Crippen LogP contribution in [-0.4, -0.2) is 17.4 Å². The molecular formula is C16H14N4O3. The van der Waals surface area contributed by atoms with Gasteiger partial charge in [-0.2, -0.15) is 5.26 Å². The predicted octanol–water partition coefficient (Wildman–Crippen LogP) is 2.83. The van der Waals surface area contributed by atoms with Gasteiger partial charge in [-0.15, -0.1) is 0 Å². The van der Waals surface area contributed by atoms with Crippen molar-refractivity contribution < 1.29 is 9.72 Å². The average Bonchev–Trinajstić information content (AvgIpc) is 2.55. The summed E-state index contributed by atoms with van der Waals surface area (Å²) in [5, 5.41) is 25.2. The van der Waals surface area contributed by atoms with Crippen molar-refractivity contribution in [3.8, 4) is 6.07 Å². The Hall–Kier alpha value is -3.40. The number of rotatable bonds is 5. The molecule has 0 spiro atoms. The smallest absolute Gasteiger partial charge is 0.274 e. The number of anilines is 2. The molecule has 1 amide bonds. The maximum atomic E-state index is 11.9. The molecule has 0 aliphatic rings. The standard InChI is InChI=1S/C16H14N4O3/c1-11-14(3-2-4-15(11)20(22)23)19-16(21)10-18-13-7-5-12(9-17)6-8-13/h2-8,18H,10H2,1H3,(H,19,21). The number of amides is 1. The zero-order valence-corrected chi connectivity index (χ0v) is 12.4. The maximum absolute atomic E-state index is 11.9. The van der Waals surface area contributed by atoms with Crippen LogP contribution in [0.15, 0.2) is 42.5 Å². The molecule has 0 saturated heterocycles. The minimum atomic E-state index is -0.486. The number of benzene rings is 2. The molecule has 2 rings (SSSR count). The highest BCUT2D eigenvalue weighted by Gasteiger charge is 2.14. The van der Waals surface area contributed by atoms with Crippen LogP contribution in [0.25, 0.3) is 0 Å². The van der Waals surface area contributed by atoms with E-state index in [0.29, 0.717) is 22.5 Å². The fourth-order valence-corrected chi connectivity index (χ4v) is 2.00. The van der Waals surface area contributed by atoms with E-state index in [2.05, 4.69) is 10.6 Å². The molecule has 0 saturated carbocycles. The number of nitro benzene ring substituents is 1. The first kappa shape index (κ1) is 16.0. The van der Waals surface area contributed by atoms with Crippen molar-refractivity contribution in [2.75, 3.05) is 17.2 Å². The van der Waals surface area contributed by atoms with Gasteiger partial charge in [0.1, 0.15) is 0 Å². The van der Waals surface area contributed by atoms with E-state index in [9.17, 15) is 14.9 Å². The van der Waals surface area contributed by atoms with Gasteiger partial charge in [0.05, 0.1) is 34.4 Å². The highest BCUT2D eigenvalue weighted by molar-refractivity contribution is 5.94. The molecule has 0 aliphatic heterocycles. The van der Waals surface area contributed by atoms with E-state index in [0.717, 1.165) is 0 Å². The normalized spacial score (nSPS) is 9.74. The van der Waals surface area contributed by atoms with Gasteiger partial charge < -0.3 is 10.6 Å².